The summed E-state index contributed by atoms with van der Waals surface area (Å²) >= 11 is 0. The molecule has 0 amide bonds. The molecule has 6 heteroatoms. The molecule has 0 fully saturated rings. The summed E-state index contributed by atoms with van der Waals surface area (Å²) in [6, 6.07) is 6.98. The van der Waals surface area contributed by atoms with Crippen LogP contribution in [0.25, 0.3) is 0 Å². The Labute approximate surface area is 121 Å². The van der Waals surface area contributed by atoms with E-state index in [1.54, 1.807) is 25.2 Å². The van der Waals surface area contributed by atoms with E-state index in [4.69, 9.17) is 4.74 Å². The molecule has 0 bridgehead atoms. The lowest BCUT2D eigenvalue weighted by Crippen LogP contribution is -2.29. The van der Waals surface area contributed by atoms with Crippen LogP contribution in [-0.4, -0.2) is 35.2 Å². The third kappa shape index (κ3) is 5.58. The average molecular weight is 300 g/mol. The van der Waals surface area contributed by atoms with Crippen molar-refractivity contribution in [2.75, 3.05) is 26.8 Å². The first-order chi connectivity index (χ1) is 9.47. The first-order valence-electron chi connectivity index (χ1n) is 6.77. The molecule has 0 aromatic heterocycles. The number of ether oxygens (including phenoxy) is 1. The quantitative estimate of drug-likeness (QED) is 0.676. The summed E-state index contributed by atoms with van der Waals surface area (Å²) < 4.78 is 32.4. The van der Waals surface area contributed by atoms with E-state index in [9.17, 15) is 8.42 Å². The second-order valence-corrected chi connectivity index (χ2v) is 6.74. The fourth-order valence-corrected chi connectivity index (χ4v) is 3.00. The van der Waals surface area contributed by atoms with Crippen LogP contribution in [0.4, 0.5) is 0 Å². The zero-order valence-corrected chi connectivity index (χ0v) is 13.2. The first kappa shape index (κ1) is 17.1. The molecule has 0 atom stereocenters. The molecule has 0 spiro atoms. The largest absolute Gasteiger partial charge is 0.380 e. The van der Waals surface area contributed by atoms with Gasteiger partial charge in [-0.25, -0.2) is 13.1 Å². The van der Waals surface area contributed by atoms with Gasteiger partial charge in [0.15, 0.2) is 0 Å². The molecule has 0 aliphatic rings. The molecule has 0 aliphatic carbocycles. The third-order valence-electron chi connectivity index (χ3n) is 2.62. The molecule has 20 heavy (non-hydrogen) atoms. The Morgan fingerprint density at radius 2 is 1.95 bits per heavy atom. The van der Waals surface area contributed by atoms with Gasteiger partial charge in [-0.05, 0) is 24.6 Å². The highest BCUT2D eigenvalue weighted by atomic mass is 32.2. The van der Waals surface area contributed by atoms with Gasteiger partial charge in [-0.3, -0.25) is 0 Å². The van der Waals surface area contributed by atoms with Crippen molar-refractivity contribution in [3.05, 3.63) is 29.8 Å². The minimum atomic E-state index is -3.48. The minimum Gasteiger partial charge on any atom is -0.380 e. The van der Waals surface area contributed by atoms with Gasteiger partial charge in [0, 0.05) is 19.7 Å². The number of rotatable bonds is 9. The van der Waals surface area contributed by atoms with Gasteiger partial charge < -0.3 is 10.1 Å². The molecular weight excluding hydrogens is 276 g/mol. The number of sulfonamides is 1. The van der Waals surface area contributed by atoms with Crippen molar-refractivity contribution in [1.82, 2.24) is 10.0 Å². The lowest BCUT2D eigenvalue weighted by Gasteiger charge is -2.12. The summed E-state index contributed by atoms with van der Waals surface area (Å²) in [6.07, 6.45) is 0. The van der Waals surface area contributed by atoms with Crippen LogP contribution < -0.4 is 10.0 Å². The van der Waals surface area contributed by atoms with E-state index in [2.05, 4.69) is 23.9 Å². The van der Waals surface area contributed by atoms with Crippen molar-refractivity contribution in [2.45, 2.75) is 25.3 Å². The topological polar surface area (TPSA) is 67.4 Å². The molecule has 2 N–H and O–H groups in total. The molecule has 0 saturated carbocycles. The molecule has 1 rings (SSSR count). The highest BCUT2D eigenvalue weighted by Crippen LogP contribution is 2.14. The monoisotopic (exact) mass is 300 g/mol. The normalized spacial score (nSPS) is 12.0. The lowest BCUT2D eigenvalue weighted by atomic mass is 10.2. The SMILES string of the molecule is CNCc1ccccc1S(=O)(=O)NCCOCC(C)C. The van der Waals surface area contributed by atoms with Crippen LogP contribution >= 0.6 is 0 Å². The predicted octanol–water partition coefficient (Wildman–Crippen LogP) is 1.36. The van der Waals surface area contributed by atoms with E-state index in [1.807, 2.05) is 6.07 Å². The molecule has 0 radical (unpaired) electrons. The maximum atomic E-state index is 12.2. The van der Waals surface area contributed by atoms with Crippen LogP contribution in [0.1, 0.15) is 19.4 Å². The first-order valence-corrected chi connectivity index (χ1v) is 8.25. The van der Waals surface area contributed by atoms with Crippen LogP contribution in [0.5, 0.6) is 0 Å². The van der Waals surface area contributed by atoms with Crippen LogP contribution in [-0.2, 0) is 21.3 Å². The van der Waals surface area contributed by atoms with E-state index >= 15 is 0 Å². The van der Waals surface area contributed by atoms with Gasteiger partial charge in [0.2, 0.25) is 10.0 Å². The molecule has 0 saturated heterocycles. The number of hydrogen-bond donors (Lipinski definition) is 2. The van der Waals surface area contributed by atoms with Crippen LogP contribution in [0, 0.1) is 5.92 Å². The Kier molecular flexibility index (Phi) is 7.15. The Morgan fingerprint density at radius 3 is 2.60 bits per heavy atom. The Hall–Kier alpha value is -0.950. The Morgan fingerprint density at radius 1 is 1.25 bits per heavy atom. The van der Waals surface area contributed by atoms with Crippen molar-refractivity contribution >= 4 is 10.0 Å². The summed E-state index contributed by atoms with van der Waals surface area (Å²) in [5, 5.41) is 2.97. The van der Waals surface area contributed by atoms with Gasteiger partial charge in [0.1, 0.15) is 0 Å². The maximum absolute atomic E-state index is 12.2. The average Bonchev–Trinajstić information content (AvgIpc) is 2.38. The van der Waals surface area contributed by atoms with Crippen molar-refractivity contribution in [2.24, 2.45) is 5.92 Å². The van der Waals surface area contributed by atoms with Crippen LogP contribution in [0.3, 0.4) is 0 Å². The number of benzene rings is 1. The molecule has 0 aliphatic heterocycles. The molecule has 1 aromatic carbocycles. The van der Waals surface area contributed by atoms with Crippen molar-refractivity contribution in [3.8, 4) is 0 Å². The highest BCUT2D eigenvalue weighted by molar-refractivity contribution is 7.89. The fourth-order valence-electron chi connectivity index (χ4n) is 1.75. The second-order valence-electron chi connectivity index (χ2n) is 5.00. The molecule has 5 nitrogen and oxygen atoms in total. The van der Waals surface area contributed by atoms with Crippen LogP contribution in [0.15, 0.2) is 29.2 Å². The smallest absolute Gasteiger partial charge is 0.240 e. The Balaban J connectivity index is 2.60. The van der Waals surface area contributed by atoms with Crippen molar-refractivity contribution in [3.63, 3.8) is 0 Å². The number of nitrogens with one attached hydrogen (secondary N) is 2. The third-order valence-corrected chi connectivity index (χ3v) is 4.18. The maximum Gasteiger partial charge on any atom is 0.240 e. The molecule has 0 heterocycles. The van der Waals surface area contributed by atoms with E-state index in [1.165, 1.54) is 0 Å². The zero-order chi connectivity index (χ0) is 15.0. The van der Waals surface area contributed by atoms with Gasteiger partial charge >= 0.3 is 0 Å². The zero-order valence-electron chi connectivity index (χ0n) is 12.3. The van der Waals surface area contributed by atoms with E-state index < -0.39 is 10.0 Å². The molecule has 0 unspecified atom stereocenters. The van der Waals surface area contributed by atoms with E-state index in [0.717, 1.165) is 5.56 Å². The molecule has 114 valence electrons. The van der Waals surface area contributed by atoms with Crippen molar-refractivity contribution in [1.29, 1.82) is 0 Å². The standard InChI is InChI=1S/C14H24N2O3S/c1-12(2)11-19-9-8-16-20(17,18)14-7-5-4-6-13(14)10-15-3/h4-7,12,15-16H,8-11H2,1-3H3. The van der Waals surface area contributed by atoms with Crippen LogP contribution in [0.2, 0.25) is 0 Å². The van der Waals surface area contributed by atoms with Gasteiger partial charge in [-0.15, -0.1) is 0 Å². The van der Waals surface area contributed by atoms with Gasteiger partial charge in [-0.1, -0.05) is 32.0 Å². The van der Waals surface area contributed by atoms with Gasteiger partial charge in [0.05, 0.1) is 11.5 Å². The second kappa shape index (κ2) is 8.36. The number of hydrogen-bond acceptors (Lipinski definition) is 4. The van der Waals surface area contributed by atoms with Crippen molar-refractivity contribution < 1.29 is 13.2 Å². The summed E-state index contributed by atoms with van der Waals surface area (Å²) in [6.45, 7) is 5.92. The minimum absolute atomic E-state index is 0.281. The van der Waals surface area contributed by atoms with Gasteiger partial charge in [0.25, 0.3) is 0 Å². The van der Waals surface area contributed by atoms with E-state index in [0.29, 0.717) is 30.6 Å². The highest BCUT2D eigenvalue weighted by Gasteiger charge is 2.16. The summed E-state index contributed by atoms with van der Waals surface area (Å²) in [7, 11) is -1.70. The summed E-state index contributed by atoms with van der Waals surface area (Å²) in [4.78, 5) is 0.318. The molecule has 1 aromatic rings. The summed E-state index contributed by atoms with van der Waals surface area (Å²) in [5.74, 6) is 0.447. The Bertz CT molecular complexity index is 501. The molecular formula is C14H24N2O3S. The van der Waals surface area contributed by atoms with E-state index in [-0.39, 0.29) is 6.54 Å². The predicted molar refractivity (Wildman–Crippen MR) is 80.1 cm³/mol. The summed E-state index contributed by atoms with van der Waals surface area (Å²) in [5.41, 5.74) is 0.755. The fraction of sp³-hybridized carbons (Fsp3) is 0.571. The lowest BCUT2D eigenvalue weighted by molar-refractivity contribution is 0.114. The van der Waals surface area contributed by atoms with Gasteiger partial charge in [-0.2, -0.15) is 0 Å².